The lowest BCUT2D eigenvalue weighted by atomic mass is 10.1. The van der Waals surface area contributed by atoms with Gasteiger partial charge in [0.15, 0.2) is 11.5 Å². The van der Waals surface area contributed by atoms with E-state index in [1.165, 1.54) is 0 Å². The molecular formula is C11H15O2. The number of benzene rings is 1. The van der Waals surface area contributed by atoms with Crippen LogP contribution in [0.5, 0.6) is 11.5 Å². The van der Waals surface area contributed by atoms with E-state index in [1.54, 1.807) is 14.2 Å². The maximum Gasteiger partial charge on any atom is 0.163 e. The highest BCUT2D eigenvalue weighted by Gasteiger charge is 2.07. The van der Waals surface area contributed by atoms with Crippen LogP contribution in [0.2, 0.25) is 0 Å². The molecule has 0 fully saturated rings. The van der Waals surface area contributed by atoms with Gasteiger partial charge in [-0.1, -0.05) is 19.1 Å². The molecular weight excluding hydrogens is 164 g/mol. The third-order valence-electron chi connectivity index (χ3n) is 1.91. The van der Waals surface area contributed by atoms with Crippen LogP contribution in [0, 0.1) is 6.42 Å². The van der Waals surface area contributed by atoms with E-state index < -0.39 is 0 Å². The molecule has 13 heavy (non-hydrogen) atoms. The van der Waals surface area contributed by atoms with E-state index in [9.17, 15) is 0 Å². The molecule has 0 unspecified atom stereocenters. The van der Waals surface area contributed by atoms with Gasteiger partial charge in [0.05, 0.1) is 14.2 Å². The van der Waals surface area contributed by atoms with Crippen molar-refractivity contribution in [2.24, 2.45) is 0 Å². The van der Waals surface area contributed by atoms with Crippen molar-refractivity contribution >= 4 is 0 Å². The molecule has 0 heterocycles. The van der Waals surface area contributed by atoms with Crippen molar-refractivity contribution in [3.63, 3.8) is 0 Å². The van der Waals surface area contributed by atoms with E-state index in [2.05, 4.69) is 6.42 Å². The normalized spacial score (nSPS) is 9.77. The molecule has 0 aliphatic heterocycles. The molecule has 0 atom stereocenters. The second kappa shape index (κ2) is 4.75. The number of rotatable bonds is 4. The third kappa shape index (κ3) is 2.14. The number of hydrogen-bond donors (Lipinski definition) is 0. The van der Waals surface area contributed by atoms with Crippen molar-refractivity contribution < 1.29 is 9.47 Å². The summed E-state index contributed by atoms with van der Waals surface area (Å²) in [6.07, 6.45) is 3.00. The molecule has 1 rings (SSSR count). The van der Waals surface area contributed by atoms with E-state index in [-0.39, 0.29) is 0 Å². The number of hydrogen-bond acceptors (Lipinski definition) is 2. The molecule has 2 heteroatoms. The smallest absolute Gasteiger partial charge is 0.163 e. The average Bonchev–Trinajstić information content (AvgIpc) is 2.18. The van der Waals surface area contributed by atoms with Crippen molar-refractivity contribution in [1.82, 2.24) is 0 Å². The molecule has 0 saturated carbocycles. The van der Waals surface area contributed by atoms with Gasteiger partial charge in [-0.2, -0.15) is 0 Å². The first-order valence-electron chi connectivity index (χ1n) is 4.31. The zero-order chi connectivity index (χ0) is 9.68. The van der Waals surface area contributed by atoms with Crippen molar-refractivity contribution in [2.45, 2.75) is 13.3 Å². The Hall–Kier alpha value is -1.18. The van der Waals surface area contributed by atoms with Crippen LogP contribution in [0.3, 0.4) is 0 Å². The molecule has 0 N–H and O–H groups in total. The first-order chi connectivity index (χ1) is 6.33. The molecule has 1 aromatic carbocycles. The van der Waals surface area contributed by atoms with E-state index in [0.29, 0.717) is 0 Å². The summed E-state index contributed by atoms with van der Waals surface area (Å²) in [4.78, 5) is 0. The fourth-order valence-corrected chi connectivity index (χ4v) is 1.33. The van der Waals surface area contributed by atoms with Crippen LogP contribution in [0.15, 0.2) is 18.2 Å². The highest BCUT2D eigenvalue weighted by Crippen LogP contribution is 2.31. The quantitative estimate of drug-likeness (QED) is 0.707. The molecule has 0 spiro atoms. The van der Waals surface area contributed by atoms with Crippen LogP contribution in [-0.4, -0.2) is 14.2 Å². The van der Waals surface area contributed by atoms with Gasteiger partial charge in [-0.25, -0.2) is 0 Å². The maximum absolute atomic E-state index is 5.27. The summed E-state index contributed by atoms with van der Waals surface area (Å²) in [5, 5.41) is 0. The zero-order valence-electron chi connectivity index (χ0n) is 8.33. The number of ether oxygens (including phenoxy) is 2. The van der Waals surface area contributed by atoms with Gasteiger partial charge >= 0.3 is 0 Å². The minimum absolute atomic E-state index is 0.793. The van der Waals surface area contributed by atoms with Gasteiger partial charge in [-0.05, 0) is 24.5 Å². The first-order valence-corrected chi connectivity index (χ1v) is 4.31. The second-order valence-corrected chi connectivity index (χ2v) is 2.77. The monoisotopic (exact) mass is 179 g/mol. The van der Waals surface area contributed by atoms with Crippen molar-refractivity contribution in [3.05, 3.63) is 30.2 Å². The summed E-state index contributed by atoms with van der Waals surface area (Å²) in [5.74, 6) is 1.63. The summed E-state index contributed by atoms with van der Waals surface area (Å²) >= 11 is 0. The molecule has 1 radical (unpaired) electrons. The fourth-order valence-electron chi connectivity index (χ4n) is 1.33. The standard InChI is InChI=1S/C11H15O2/c1-4-6-9-7-5-8-10(12-2)11(9)13-3/h4-5,7-8H,6H2,1-3H3. The second-order valence-electron chi connectivity index (χ2n) is 2.77. The molecule has 0 aromatic heterocycles. The van der Waals surface area contributed by atoms with E-state index in [0.717, 1.165) is 23.5 Å². The molecule has 2 nitrogen and oxygen atoms in total. The molecule has 0 bridgehead atoms. The van der Waals surface area contributed by atoms with Crippen LogP contribution in [0.25, 0.3) is 0 Å². The zero-order valence-corrected chi connectivity index (χ0v) is 8.33. The van der Waals surface area contributed by atoms with Crippen LogP contribution in [0.1, 0.15) is 12.5 Å². The van der Waals surface area contributed by atoms with E-state index in [1.807, 2.05) is 25.1 Å². The maximum atomic E-state index is 5.27. The number of para-hydroxylation sites is 1. The summed E-state index contributed by atoms with van der Waals surface area (Å²) in [7, 11) is 3.31. The van der Waals surface area contributed by atoms with Gasteiger partial charge < -0.3 is 9.47 Å². The average molecular weight is 179 g/mol. The fraction of sp³-hybridized carbons (Fsp3) is 0.364. The predicted octanol–water partition coefficient (Wildman–Crippen LogP) is 2.47. The van der Waals surface area contributed by atoms with Gasteiger partial charge in [-0.15, -0.1) is 0 Å². The lowest BCUT2D eigenvalue weighted by Crippen LogP contribution is -1.95. The minimum atomic E-state index is 0.793. The Morgan fingerprint density at radius 3 is 2.54 bits per heavy atom. The summed E-state index contributed by atoms with van der Waals surface area (Å²) in [5.41, 5.74) is 1.16. The Balaban J connectivity index is 3.03. The van der Waals surface area contributed by atoms with E-state index >= 15 is 0 Å². The summed E-state index contributed by atoms with van der Waals surface area (Å²) < 4.78 is 10.5. The topological polar surface area (TPSA) is 18.5 Å². The highest BCUT2D eigenvalue weighted by atomic mass is 16.5. The molecule has 0 saturated heterocycles. The summed E-state index contributed by atoms with van der Waals surface area (Å²) in [6.45, 7) is 2.03. The Morgan fingerprint density at radius 2 is 2.00 bits per heavy atom. The Labute approximate surface area is 79.5 Å². The largest absolute Gasteiger partial charge is 0.493 e. The molecule has 0 aliphatic carbocycles. The van der Waals surface area contributed by atoms with Crippen molar-refractivity contribution in [2.75, 3.05) is 14.2 Å². The van der Waals surface area contributed by atoms with Gasteiger partial charge in [0.1, 0.15) is 0 Å². The number of methoxy groups -OCH3 is 2. The van der Waals surface area contributed by atoms with Crippen LogP contribution in [0.4, 0.5) is 0 Å². The summed E-state index contributed by atoms with van der Waals surface area (Å²) in [6, 6.07) is 5.92. The van der Waals surface area contributed by atoms with Gasteiger partial charge in [0.2, 0.25) is 0 Å². The molecule has 0 aliphatic rings. The first kappa shape index (κ1) is 9.90. The van der Waals surface area contributed by atoms with Crippen molar-refractivity contribution in [3.8, 4) is 11.5 Å². The third-order valence-corrected chi connectivity index (χ3v) is 1.91. The van der Waals surface area contributed by atoms with Crippen LogP contribution in [-0.2, 0) is 6.42 Å². The molecule has 0 amide bonds. The Kier molecular flexibility index (Phi) is 3.62. The lowest BCUT2D eigenvalue weighted by Gasteiger charge is -2.11. The van der Waals surface area contributed by atoms with Crippen LogP contribution >= 0.6 is 0 Å². The lowest BCUT2D eigenvalue weighted by molar-refractivity contribution is 0.352. The van der Waals surface area contributed by atoms with E-state index in [4.69, 9.17) is 9.47 Å². The minimum Gasteiger partial charge on any atom is -0.493 e. The van der Waals surface area contributed by atoms with Gasteiger partial charge in [-0.3, -0.25) is 0 Å². The van der Waals surface area contributed by atoms with Gasteiger partial charge in [0, 0.05) is 0 Å². The van der Waals surface area contributed by atoms with Crippen molar-refractivity contribution in [1.29, 1.82) is 0 Å². The SMILES string of the molecule is C[CH]Cc1cccc(OC)c1OC. The van der Waals surface area contributed by atoms with Crippen LogP contribution < -0.4 is 9.47 Å². The Morgan fingerprint density at radius 1 is 1.23 bits per heavy atom. The highest BCUT2D eigenvalue weighted by molar-refractivity contribution is 5.46. The molecule has 71 valence electrons. The predicted molar refractivity (Wildman–Crippen MR) is 53.2 cm³/mol. The molecule has 1 aromatic rings. The van der Waals surface area contributed by atoms with Gasteiger partial charge in [0.25, 0.3) is 0 Å². The Bertz CT molecular complexity index is 269.